The van der Waals surface area contributed by atoms with Crippen molar-refractivity contribution in [2.24, 2.45) is 0 Å². The molecule has 18 heavy (non-hydrogen) atoms. The highest BCUT2D eigenvalue weighted by atomic mass is 79.9. The summed E-state index contributed by atoms with van der Waals surface area (Å²) in [6, 6.07) is 7.37. The van der Waals surface area contributed by atoms with E-state index >= 15 is 0 Å². The standard InChI is InChI=1S/C11H9BrN2O3S/c1-6(10(15)16)18-11-14-13-9(17-11)7-2-4-8(12)5-3-7/h2-6H,1H3,(H,15,16)/p-1/t6-/m1/s1. The maximum Gasteiger partial charge on any atom is 0.277 e. The summed E-state index contributed by atoms with van der Waals surface area (Å²) in [5, 5.41) is 17.7. The monoisotopic (exact) mass is 327 g/mol. The van der Waals surface area contributed by atoms with E-state index in [0.717, 1.165) is 21.8 Å². The summed E-state index contributed by atoms with van der Waals surface area (Å²) in [6.45, 7) is 1.50. The number of hydrogen-bond donors (Lipinski definition) is 0. The zero-order valence-electron chi connectivity index (χ0n) is 9.29. The first-order valence-electron chi connectivity index (χ1n) is 5.03. The molecule has 0 aliphatic heterocycles. The highest BCUT2D eigenvalue weighted by Crippen LogP contribution is 2.26. The summed E-state index contributed by atoms with van der Waals surface area (Å²) in [5.74, 6) is -0.807. The number of nitrogens with zero attached hydrogens (tertiary/aromatic N) is 2. The number of benzene rings is 1. The van der Waals surface area contributed by atoms with Gasteiger partial charge in [0.25, 0.3) is 5.22 Å². The van der Waals surface area contributed by atoms with Gasteiger partial charge in [0.2, 0.25) is 5.89 Å². The van der Waals surface area contributed by atoms with Crippen LogP contribution in [0.5, 0.6) is 0 Å². The van der Waals surface area contributed by atoms with E-state index in [4.69, 9.17) is 4.42 Å². The molecule has 0 aliphatic rings. The van der Waals surface area contributed by atoms with Crippen molar-refractivity contribution in [2.45, 2.75) is 17.4 Å². The fourth-order valence-corrected chi connectivity index (χ4v) is 2.04. The normalized spacial score (nSPS) is 12.3. The lowest BCUT2D eigenvalue weighted by Gasteiger charge is -2.07. The molecule has 0 saturated heterocycles. The number of hydrogen-bond acceptors (Lipinski definition) is 6. The van der Waals surface area contributed by atoms with E-state index in [1.165, 1.54) is 6.92 Å². The molecule has 5 nitrogen and oxygen atoms in total. The minimum absolute atomic E-state index is 0.213. The topological polar surface area (TPSA) is 79.0 Å². The van der Waals surface area contributed by atoms with Gasteiger partial charge in [-0.1, -0.05) is 27.7 Å². The van der Waals surface area contributed by atoms with Crippen molar-refractivity contribution in [1.29, 1.82) is 0 Å². The fraction of sp³-hybridized carbons (Fsp3) is 0.182. The molecule has 0 saturated carbocycles. The van der Waals surface area contributed by atoms with Crippen LogP contribution in [0.4, 0.5) is 0 Å². The van der Waals surface area contributed by atoms with Crippen LogP contribution < -0.4 is 5.11 Å². The molecule has 7 heteroatoms. The van der Waals surface area contributed by atoms with Gasteiger partial charge in [0.1, 0.15) is 0 Å². The summed E-state index contributed by atoms with van der Waals surface area (Å²) in [5.41, 5.74) is 0.777. The minimum Gasteiger partial charge on any atom is -0.549 e. The van der Waals surface area contributed by atoms with Crippen molar-refractivity contribution in [1.82, 2.24) is 10.2 Å². The smallest absolute Gasteiger partial charge is 0.277 e. The van der Waals surface area contributed by atoms with Crippen molar-refractivity contribution in [3.63, 3.8) is 0 Å². The van der Waals surface area contributed by atoms with Crippen LogP contribution in [0, 0.1) is 0 Å². The molecule has 1 aromatic carbocycles. The van der Waals surface area contributed by atoms with E-state index in [2.05, 4.69) is 26.1 Å². The Hall–Kier alpha value is -1.34. The third-order valence-electron chi connectivity index (χ3n) is 2.11. The van der Waals surface area contributed by atoms with Gasteiger partial charge in [0.05, 0.1) is 11.2 Å². The average Bonchev–Trinajstić information content (AvgIpc) is 2.78. The molecule has 2 rings (SSSR count). The first kappa shape index (κ1) is 13.1. The quantitative estimate of drug-likeness (QED) is 0.796. The first-order valence-corrected chi connectivity index (χ1v) is 6.70. The number of halogens is 1. The maximum absolute atomic E-state index is 10.6. The van der Waals surface area contributed by atoms with Crippen LogP contribution in [0.2, 0.25) is 0 Å². The van der Waals surface area contributed by atoms with Gasteiger partial charge >= 0.3 is 0 Å². The molecule has 1 atom stereocenters. The number of carboxylic acids is 1. The Morgan fingerprint density at radius 3 is 2.67 bits per heavy atom. The molecule has 0 spiro atoms. The van der Waals surface area contributed by atoms with Crippen molar-refractivity contribution in [2.75, 3.05) is 0 Å². The van der Waals surface area contributed by atoms with Gasteiger partial charge in [-0.15, -0.1) is 10.2 Å². The second kappa shape index (κ2) is 5.53. The minimum atomic E-state index is -1.16. The number of carbonyl (C=O) groups is 1. The molecule has 0 N–H and O–H groups in total. The van der Waals surface area contributed by atoms with Gasteiger partial charge in [-0.05, 0) is 31.2 Å². The largest absolute Gasteiger partial charge is 0.549 e. The Morgan fingerprint density at radius 2 is 2.06 bits per heavy atom. The van der Waals surface area contributed by atoms with Gasteiger partial charge < -0.3 is 14.3 Å². The van der Waals surface area contributed by atoms with E-state index in [1.54, 1.807) is 0 Å². The summed E-state index contributed by atoms with van der Waals surface area (Å²) in [4.78, 5) is 10.6. The predicted molar refractivity (Wildman–Crippen MR) is 67.8 cm³/mol. The van der Waals surface area contributed by atoms with E-state index in [0.29, 0.717) is 5.89 Å². The van der Waals surface area contributed by atoms with Gasteiger partial charge in [-0.3, -0.25) is 0 Å². The van der Waals surface area contributed by atoms with Crippen molar-refractivity contribution in [3.05, 3.63) is 28.7 Å². The van der Waals surface area contributed by atoms with Crippen molar-refractivity contribution >= 4 is 33.7 Å². The van der Waals surface area contributed by atoms with E-state index in [-0.39, 0.29) is 5.22 Å². The van der Waals surface area contributed by atoms with Gasteiger partial charge in [0.15, 0.2) is 0 Å². The molecule has 0 radical (unpaired) electrons. The van der Waals surface area contributed by atoms with Crippen LogP contribution in [0.25, 0.3) is 11.5 Å². The van der Waals surface area contributed by atoms with Crippen LogP contribution in [0.1, 0.15) is 6.92 Å². The lowest BCUT2D eigenvalue weighted by molar-refractivity contribution is -0.304. The average molecular weight is 328 g/mol. The third kappa shape index (κ3) is 3.11. The third-order valence-corrected chi connectivity index (χ3v) is 3.55. The Kier molecular flexibility index (Phi) is 4.03. The zero-order chi connectivity index (χ0) is 13.1. The second-order valence-corrected chi connectivity index (χ2v) is 5.67. The molecule has 0 aliphatic carbocycles. The molecule has 1 heterocycles. The van der Waals surface area contributed by atoms with Crippen LogP contribution in [-0.4, -0.2) is 21.4 Å². The van der Waals surface area contributed by atoms with Crippen molar-refractivity contribution in [3.8, 4) is 11.5 Å². The molecular formula is C11H8BrN2O3S-. The van der Waals surface area contributed by atoms with Gasteiger partial charge in [-0.25, -0.2) is 0 Å². The van der Waals surface area contributed by atoms with Gasteiger partial charge in [0, 0.05) is 10.0 Å². The summed E-state index contributed by atoms with van der Waals surface area (Å²) >= 11 is 4.29. The SMILES string of the molecule is C[C@@H](Sc1nnc(-c2ccc(Br)cc2)o1)C(=O)[O-]. The second-order valence-electron chi connectivity index (χ2n) is 3.46. The number of thioether (sulfide) groups is 1. The number of rotatable bonds is 4. The van der Waals surface area contributed by atoms with E-state index < -0.39 is 11.2 Å². The van der Waals surface area contributed by atoms with Crippen LogP contribution in [-0.2, 0) is 4.79 Å². The van der Waals surface area contributed by atoms with Gasteiger partial charge in [-0.2, -0.15) is 0 Å². The molecule has 94 valence electrons. The lowest BCUT2D eigenvalue weighted by Crippen LogP contribution is -2.31. The molecule has 1 aromatic heterocycles. The summed E-state index contributed by atoms with van der Waals surface area (Å²) < 4.78 is 6.31. The van der Waals surface area contributed by atoms with E-state index in [9.17, 15) is 9.90 Å². The highest BCUT2D eigenvalue weighted by Gasteiger charge is 2.13. The number of aromatic nitrogens is 2. The Balaban J connectivity index is 2.15. The highest BCUT2D eigenvalue weighted by molar-refractivity contribution is 9.10. The summed E-state index contributed by atoms with van der Waals surface area (Å²) in [6.07, 6.45) is 0. The fourth-order valence-electron chi connectivity index (χ4n) is 1.17. The van der Waals surface area contributed by atoms with Crippen LogP contribution in [0.15, 0.2) is 38.4 Å². The maximum atomic E-state index is 10.6. The Bertz CT molecular complexity index is 556. The Morgan fingerprint density at radius 1 is 1.39 bits per heavy atom. The first-order chi connectivity index (χ1) is 8.56. The van der Waals surface area contributed by atoms with Crippen LogP contribution >= 0.6 is 27.7 Å². The number of carboxylic acid groups (broad SMARTS) is 1. The molecule has 0 fully saturated rings. The lowest BCUT2D eigenvalue weighted by atomic mass is 10.2. The van der Waals surface area contributed by atoms with Crippen molar-refractivity contribution < 1.29 is 14.3 Å². The number of aliphatic carboxylic acids is 1. The molecule has 0 amide bonds. The zero-order valence-corrected chi connectivity index (χ0v) is 11.7. The predicted octanol–water partition coefficient (Wildman–Crippen LogP) is 1.73. The Labute approximate surface area is 116 Å². The molecule has 0 bridgehead atoms. The van der Waals surface area contributed by atoms with E-state index in [1.807, 2.05) is 24.3 Å². The molecular weight excluding hydrogens is 320 g/mol. The summed E-state index contributed by atoms with van der Waals surface area (Å²) in [7, 11) is 0. The molecule has 2 aromatic rings. The van der Waals surface area contributed by atoms with Crippen LogP contribution in [0.3, 0.4) is 0 Å². The number of carbonyl (C=O) groups excluding carboxylic acids is 1. The molecule has 0 unspecified atom stereocenters.